The molecule has 0 aromatic heterocycles. The minimum atomic E-state index is -0.0437. The van der Waals surface area contributed by atoms with E-state index in [4.69, 9.17) is 5.11 Å². The average molecular weight is 172 g/mol. The number of nitrogens with zero attached hydrogens (tertiary/aromatic N) is 1. The second-order valence-corrected chi connectivity index (χ2v) is 3.38. The summed E-state index contributed by atoms with van der Waals surface area (Å²) in [6.07, 6.45) is 0. The van der Waals surface area contributed by atoms with Gasteiger partial charge in [0.15, 0.2) is 0 Å². The molecule has 2 amide bonds. The van der Waals surface area contributed by atoms with Gasteiger partial charge in [0.05, 0.1) is 0 Å². The van der Waals surface area contributed by atoms with Gasteiger partial charge in [-0.1, -0.05) is 6.92 Å². The van der Waals surface area contributed by atoms with E-state index in [0.717, 1.165) is 6.54 Å². The Balaban J connectivity index is 2.48. The zero-order valence-corrected chi connectivity index (χ0v) is 7.58. The molecule has 4 heteroatoms. The van der Waals surface area contributed by atoms with Gasteiger partial charge >= 0.3 is 6.03 Å². The molecule has 1 rings (SSSR count). The highest BCUT2D eigenvalue weighted by Crippen LogP contribution is 2.21. The fourth-order valence-corrected chi connectivity index (χ4v) is 1.60. The van der Waals surface area contributed by atoms with Gasteiger partial charge in [0, 0.05) is 32.7 Å². The number of hydrogen-bond donors (Lipinski definition) is 2. The first-order valence-corrected chi connectivity index (χ1v) is 4.26. The Morgan fingerprint density at radius 3 is 2.75 bits per heavy atom. The van der Waals surface area contributed by atoms with Crippen LogP contribution in [-0.2, 0) is 0 Å². The van der Waals surface area contributed by atoms with Gasteiger partial charge in [-0.05, 0) is 5.92 Å². The van der Waals surface area contributed by atoms with Crippen molar-refractivity contribution in [2.75, 3.05) is 26.7 Å². The van der Waals surface area contributed by atoms with Gasteiger partial charge in [-0.2, -0.15) is 0 Å². The lowest BCUT2D eigenvalue weighted by Crippen LogP contribution is -2.36. The van der Waals surface area contributed by atoms with Gasteiger partial charge in [0.25, 0.3) is 0 Å². The third-order valence-electron chi connectivity index (χ3n) is 2.50. The molecule has 0 radical (unpaired) electrons. The fraction of sp³-hybridized carbons (Fsp3) is 0.875. The Labute approximate surface area is 72.6 Å². The summed E-state index contributed by atoms with van der Waals surface area (Å²) < 4.78 is 0. The van der Waals surface area contributed by atoms with Crippen molar-refractivity contribution in [1.29, 1.82) is 0 Å². The number of nitrogens with one attached hydrogen (secondary N) is 1. The van der Waals surface area contributed by atoms with Crippen molar-refractivity contribution in [2.45, 2.75) is 6.92 Å². The van der Waals surface area contributed by atoms with Crippen LogP contribution in [0, 0.1) is 11.8 Å². The molecule has 1 fully saturated rings. The van der Waals surface area contributed by atoms with Crippen molar-refractivity contribution in [2.24, 2.45) is 11.8 Å². The number of amides is 2. The van der Waals surface area contributed by atoms with Crippen LogP contribution in [0.1, 0.15) is 6.92 Å². The Hall–Kier alpha value is -0.770. The summed E-state index contributed by atoms with van der Waals surface area (Å²) in [6.45, 7) is 3.67. The second kappa shape index (κ2) is 3.76. The number of carbonyl (C=O) groups is 1. The number of urea groups is 1. The highest BCUT2D eigenvalue weighted by Gasteiger charge is 2.31. The summed E-state index contributed by atoms with van der Waals surface area (Å²) >= 11 is 0. The molecule has 0 saturated carbocycles. The van der Waals surface area contributed by atoms with Gasteiger partial charge in [0.2, 0.25) is 0 Å². The number of aliphatic hydroxyl groups is 1. The Morgan fingerprint density at radius 2 is 2.33 bits per heavy atom. The van der Waals surface area contributed by atoms with Crippen LogP contribution in [0.25, 0.3) is 0 Å². The maximum atomic E-state index is 11.2. The van der Waals surface area contributed by atoms with Crippen LogP contribution in [-0.4, -0.2) is 42.8 Å². The number of likely N-dealkylation sites (tertiary alicyclic amines) is 1. The fourth-order valence-electron chi connectivity index (χ4n) is 1.60. The number of aliphatic hydroxyl groups excluding tert-OH is 1. The van der Waals surface area contributed by atoms with Crippen LogP contribution >= 0.6 is 0 Å². The maximum absolute atomic E-state index is 11.2. The largest absolute Gasteiger partial charge is 0.396 e. The monoisotopic (exact) mass is 172 g/mol. The first-order chi connectivity index (χ1) is 5.69. The lowest BCUT2D eigenvalue weighted by Gasteiger charge is -2.14. The molecule has 0 aromatic rings. The van der Waals surface area contributed by atoms with Gasteiger partial charge in [-0.25, -0.2) is 4.79 Å². The number of carbonyl (C=O) groups excluding carboxylic acids is 1. The van der Waals surface area contributed by atoms with Crippen molar-refractivity contribution >= 4 is 6.03 Å². The highest BCUT2D eigenvalue weighted by atomic mass is 16.3. The van der Waals surface area contributed by atoms with E-state index >= 15 is 0 Å². The zero-order valence-electron chi connectivity index (χ0n) is 7.58. The topological polar surface area (TPSA) is 52.6 Å². The standard InChI is InChI=1S/C8H16N2O2/c1-6-3-10(8(12)9-2)4-7(6)5-11/h6-7,11H,3-5H2,1-2H3,(H,9,12)/t6-,7+/m1/s1. The molecule has 0 spiro atoms. The predicted molar refractivity (Wildman–Crippen MR) is 45.8 cm³/mol. The molecule has 0 aliphatic carbocycles. The van der Waals surface area contributed by atoms with Crippen LogP contribution in [0.3, 0.4) is 0 Å². The summed E-state index contributed by atoms with van der Waals surface area (Å²) in [5.74, 6) is 0.662. The lowest BCUT2D eigenvalue weighted by atomic mass is 10.00. The van der Waals surface area contributed by atoms with Crippen molar-refractivity contribution in [3.63, 3.8) is 0 Å². The second-order valence-electron chi connectivity index (χ2n) is 3.38. The van der Waals surface area contributed by atoms with Gasteiger partial charge in [0.1, 0.15) is 0 Å². The van der Waals surface area contributed by atoms with Gasteiger partial charge < -0.3 is 15.3 Å². The van der Waals surface area contributed by atoms with E-state index in [1.54, 1.807) is 11.9 Å². The molecule has 1 saturated heterocycles. The molecule has 0 bridgehead atoms. The van der Waals surface area contributed by atoms with Crippen molar-refractivity contribution in [3.8, 4) is 0 Å². The normalized spacial score (nSPS) is 29.1. The van der Waals surface area contributed by atoms with Crippen molar-refractivity contribution < 1.29 is 9.90 Å². The first-order valence-electron chi connectivity index (χ1n) is 4.26. The molecule has 1 heterocycles. The molecule has 1 aliphatic rings. The van der Waals surface area contributed by atoms with Crippen LogP contribution in [0.15, 0.2) is 0 Å². The Bertz CT molecular complexity index is 172. The van der Waals surface area contributed by atoms with E-state index in [1.807, 2.05) is 0 Å². The molecular weight excluding hydrogens is 156 g/mol. The van der Waals surface area contributed by atoms with E-state index in [0.29, 0.717) is 12.5 Å². The van der Waals surface area contributed by atoms with E-state index < -0.39 is 0 Å². The molecule has 0 unspecified atom stereocenters. The molecule has 1 aliphatic heterocycles. The SMILES string of the molecule is CNC(=O)N1C[C@@H](CO)[C@H](C)C1. The third kappa shape index (κ3) is 1.69. The lowest BCUT2D eigenvalue weighted by molar-refractivity contribution is 0.197. The molecule has 12 heavy (non-hydrogen) atoms. The molecule has 70 valence electrons. The molecule has 4 nitrogen and oxygen atoms in total. The van der Waals surface area contributed by atoms with E-state index in [-0.39, 0.29) is 18.6 Å². The number of rotatable bonds is 1. The smallest absolute Gasteiger partial charge is 0.317 e. The molecule has 0 aromatic carbocycles. The zero-order chi connectivity index (χ0) is 9.14. The Morgan fingerprint density at radius 1 is 1.67 bits per heavy atom. The highest BCUT2D eigenvalue weighted by molar-refractivity contribution is 5.74. The quantitative estimate of drug-likeness (QED) is 0.579. The van der Waals surface area contributed by atoms with Crippen molar-refractivity contribution in [3.05, 3.63) is 0 Å². The van der Waals surface area contributed by atoms with Gasteiger partial charge in [-0.3, -0.25) is 0 Å². The summed E-state index contributed by atoms with van der Waals surface area (Å²) in [6, 6.07) is -0.0437. The van der Waals surface area contributed by atoms with E-state index in [9.17, 15) is 4.79 Å². The van der Waals surface area contributed by atoms with Crippen LogP contribution in [0.5, 0.6) is 0 Å². The minimum absolute atomic E-state index is 0.0437. The summed E-state index contributed by atoms with van der Waals surface area (Å²) in [4.78, 5) is 12.9. The van der Waals surface area contributed by atoms with Crippen molar-refractivity contribution in [1.82, 2.24) is 10.2 Å². The molecule has 2 atom stereocenters. The van der Waals surface area contributed by atoms with E-state index in [1.165, 1.54) is 0 Å². The maximum Gasteiger partial charge on any atom is 0.317 e. The predicted octanol–water partition coefficient (Wildman–Crippen LogP) is -0.114. The minimum Gasteiger partial charge on any atom is -0.396 e. The molecule has 2 N–H and O–H groups in total. The summed E-state index contributed by atoms with van der Waals surface area (Å²) in [7, 11) is 1.62. The molecular formula is C8H16N2O2. The number of hydrogen-bond acceptors (Lipinski definition) is 2. The summed E-state index contributed by atoms with van der Waals surface area (Å²) in [5, 5.41) is 11.5. The Kier molecular flexibility index (Phi) is 2.92. The van der Waals surface area contributed by atoms with Gasteiger partial charge in [-0.15, -0.1) is 0 Å². The van der Waals surface area contributed by atoms with E-state index in [2.05, 4.69) is 12.2 Å². The average Bonchev–Trinajstić information content (AvgIpc) is 2.45. The first kappa shape index (κ1) is 9.32. The van der Waals surface area contributed by atoms with Crippen LogP contribution in [0.2, 0.25) is 0 Å². The summed E-state index contributed by atoms with van der Waals surface area (Å²) in [5.41, 5.74) is 0. The van der Waals surface area contributed by atoms with Crippen LogP contribution in [0.4, 0.5) is 4.79 Å². The third-order valence-corrected chi connectivity index (χ3v) is 2.50. The van der Waals surface area contributed by atoms with Crippen LogP contribution < -0.4 is 5.32 Å².